The summed E-state index contributed by atoms with van der Waals surface area (Å²) in [5.74, 6) is 4.32. The van der Waals surface area contributed by atoms with Gasteiger partial charge in [0, 0.05) is 11.5 Å². The van der Waals surface area contributed by atoms with Gasteiger partial charge in [0.2, 0.25) is 0 Å². The van der Waals surface area contributed by atoms with Crippen molar-refractivity contribution in [3.63, 3.8) is 0 Å². The Kier molecular flexibility index (Phi) is 14.7. The number of ether oxygens (including phenoxy) is 4. The molecular weight excluding hydrogens is 661 g/mol. The Hall–Kier alpha value is -2.42. The minimum Gasteiger partial charge on any atom is -0.497 e. The van der Waals surface area contributed by atoms with Crippen molar-refractivity contribution >= 4 is 23.5 Å². The van der Waals surface area contributed by atoms with Gasteiger partial charge in [-0.3, -0.25) is 0 Å². The molecule has 50 heavy (non-hydrogen) atoms. The van der Waals surface area contributed by atoms with Gasteiger partial charge in [-0.1, -0.05) is 87.9 Å². The summed E-state index contributed by atoms with van der Waals surface area (Å²) in [5, 5.41) is 10.6. The Bertz CT molecular complexity index is 1440. The molecule has 0 aromatic heterocycles. The molecule has 7 heteroatoms. The van der Waals surface area contributed by atoms with Crippen molar-refractivity contribution in [2.24, 2.45) is 11.3 Å². The number of rotatable bonds is 18. The summed E-state index contributed by atoms with van der Waals surface area (Å²) in [7, 11) is 1.70. The molecule has 5 rings (SSSR count). The predicted molar refractivity (Wildman–Crippen MR) is 210 cm³/mol. The van der Waals surface area contributed by atoms with Crippen LogP contribution in [0.25, 0.3) is 0 Å². The smallest absolute Gasteiger partial charge is 0.184 e. The van der Waals surface area contributed by atoms with E-state index in [2.05, 4.69) is 93.3 Å². The van der Waals surface area contributed by atoms with Gasteiger partial charge in [-0.25, -0.2) is 0 Å². The molecule has 5 atom stereocenters. The number of aliphatic hydroxyl groups excluding tert-OH is 1. The Morgan fingerprint density at radius 2 is 1.66 bits per heavy atom. The van der Waals surface area contributed by atoms with Crippen LogP contribution in [0.3, 0.4) is 0 Å². The van der Waals surface area contributed by atoms with Crippen molar-refractivity contribution in [1.29, 1.82) is 0 Å². The van der Waals surface area contributed by atoms with E-state index in [4.69, 9.17) is 18.9 Å². The Labute approximate surface area is 309 Å². The number of aryl methyl sites for hydroxylation is 1. The lowest BCUT2D eigenvalue weighted by Gasteiger charge is -2.52. The van der Waals surface area contributed by atoms with Gasteiger partial charge in [0.1, 0.15) is 18.1 Å². The Morgan fingerprint density at radius 1 is 0.940 bits per heavy atom. The third kappa shape index (κ3) is 10.6. The van der Waals surface area contributed by atoms with E-state index in [-0.39, 0.29) is 33.7 Å². The van der Waals surface area contributed by atoms with Crippen LogP contribution in [0.5, 0.6) is 11.5 Å². The van der Waals surface area contributed by atoms with Crippen LogP contribution in [0.2, 0.25) is 0 Å². The van der Waals surface area contributed by atoms with Gasteiger partial charge in [0.15, 0.2) is 6.29 Å². The van der Waals surface area contributed by atoms with Gasteiger partial charge in [0.05, 0.1) is 29.5 Å². The number of benzene rings is 3. The highest BCUT2D eigenvalue weighted by Gasteiger charge is 2.51. The van der Waals surface area contributed by atoms with E-state index in [9.17, 15) is 5.11 Å². The van der Waals surface area contributed by atoms with Crippen molar-refractivity contribution in [2.75, 3.05) is 18.6 Å². The SMILES string of the molecule is C=CC[C@H](O)CCC(C)(C)C1(C[C@@H]2O[C@H](c3ccc(OC)cc3)O[C@H](CCCCc3cccc(OCc4ccccc4)c3)[C@H]2C)SCCCS1. The molecule has 0 spiro atoms. The first-order valence-electron chi connectivity index (χ1n) is 18.5. The van der Waals surface area contributed by atoms with E-state index in [0.29, 0.717) is 13.0 Å². The second kappa shape index (κ2) is 18.9. The number of thioether (sulfide) groups is 2. The predicted octanol–water partition coefficient (Wildman–Crippen LogP) is 10.8. The average Bonchev–Trinajstić information content (AvgIpc) is 3.14. The molecule has 0 saturated carbocycles. The molecule has 2 aliphatic heterocycles. The molecule has 0 unspecified atom stereocenters. The third-order valence-corrected chi connectivity index (χ3v) is 14.6. The molecule has 5 nitrogen and oxygen atoms in total. The maximum atomic E-state index is 10.6. The molecule has 3 aromatic carbocycles. The number of hydrogen-bond acceptors (Lipinski definition) is 7. The largest absolute Gasteiger partial charge is 0.497 e. The summed E-state index contributed by atoms with van der Waals surface area (Å²) in [6, 6.07) is 27.0. The van der Waals surface area contributed by atoms with Crippen molar-refractivity contribution in [3.8, 4) is 11.5 Å². The highest BCUT2D eigenvalue weighted by molar-refractivity contribution is 8.18. The summed E-state index contributed by atoms with van der Waals surface area (Å²) in [6.45, 7) is 11.6. The van der Waals surface area contributed by atoms with Gasteiger partial charge in [-0.15, -0.1) is 30.1 Å². The van der Waals surface area contributed by atoms with Crippen molar-refractivity contribution in [1.82, 2.24) is 0 Å². The average molecular weight is 719 g/mol. The minimum atomic E-state index is -0.418. The molecule has 2 fully saturated rings. The van der Waals surface area contributed by atoms with Crippen molar-refractivity contribution in [3.05, 3.63) is 108 Å². The summed E-state index contributed by atoms with van der Waals surface area (Å²) < 4.78 is 25.3. The maximum Gasteiger partial charge on any atom is 0.184 e. The van der Waals surface area contributed by atoms with E-state index in [1.54, 1.807) is 7.11 Å². The second-order valence-corrected chi connectivity index (χ2v) is 17.6. The fraction of sp³-hybridized carbons (Fsp3) is 0.535. The summed E-state index contributed by atoms with van der Waals surface area (Å²) in [6.07, 6.45) is 9.94. The van der Waals surface area contributed by atoms with Crippen molar-refractivity contribution in [2.45, 2.75) is 114 Å². The van der Waals surface area contributed by atoms with Gasteiger partial charge in [-0.05, 0) is 104 Å². The fourth-order valence-corrected chi connectivity index (χ4v) is 11.0. The van der Waals surface area contributed by atoms with Crippen LogP contribution in [0, 0.1) is 11.3 Å². The molecular formula is C43H58O5S2. The molecule has 3 aromatic rings. The molecule has 0 aliphatic carbocycles. The lowest BCUT2D eigenvalue weighted by atomic mass is 9.78. The minimum absolute atomic E-state index is 0.00196. The molecule has 2 aliphatic rings. The molecule has 2 saturated heterocycles. The van der Waals surface area contributed by atoms with E-state index in [1.165, 1.54) is 17.5 Å². The zero-order chi connectivity index (χ0) is 35.4. The van der Waals surface area contributed by atoms with Gasteiger partial charge < -0.3 is 24.1 Å². The van der Waals surface area contributed by atoms with E-state index in [1.807, 2.05) is 42.5 Å². The topological polar surface area (TPSA) is 57.2 Å². The van der Waals surface area contributed by atoms with Crippen LogP contribution in [-0.2, 0) is 22.5 Å². The normalized spacial score (nSPS) is 22.8. The monoisotopic (exact) mass is 718 g/mol. The maximum absolute atomic E-state index is 10.6. The summed E-state index contributed by atoms with van der Waals surface area (Å²) >= 11 is 4.23. The Balaban J connectivity index is 1.26. The number of methoxy groups -OCH3 is 1. The molecule has 0 amide bonds. The van der Waals surface area contributed by atoms with Crippen molar-refractivity contribution < 1.29 is 24.1 Å². The lowest BCUT2D eigenvalue weighted by Crippen LogP contribution is -2.49. The van der Waals surface area contributed by atoms with E-state index >= 15 is 0 Å². The van der Waals surface area contributed by atoms with Gasteiger partial charge >= 0.3 is 0 Å². The molecule has 272 valence electrons. The van der Waals surface area contributed by atoms with Gasteiger partial charge in [-0.2, -0.15) is 0 Å². The van der Waals surface area contributed by atoms with Crippen LogP contribution in [0.15, 0.2) is 91.5 Å². The molecule has 0 bridgehead atoms. The Morgan fingerprint density at radius 3 is 2.38 bits per heavy atom. The first-order valence-corrected chi connectivity index (χ1v) is 20.5. The highest BCUT2D eigenvalue weighted by atomic mass is 32.2. The number of hydrogen-bond donors (Lipinski definition) is 1. The second-order valence-electron chi connectivity index (χ2n) is 14.6. The highest BCUT2D eigenvalue weighted by Crippen LogP contribution is 2.59. The van der Waals surface area contributed by atoms with Gasteiger partial charge in [0.25, 0.3) is 0 Å². The standard InChI is InChI=1S/C43H58O5S2/c1-6-14-36(44)25-26-42(3,4)43(49-27-13-28-50-43)30-40-32(2)39(47-41(48-40)35-21-23-37(45-5)24-22-35)20-11-10-15-33-18-12-19-38(29-33)46-31-34-16-8-7-9-17-34/h6-9,12,16-19,21-24,29,32,36,39-41,44H,1,10-11,13-15,20,25-28,30-31H2,2-5H3/t32-,36+,39-,40+,41-/m1/s1. The van der Waals surface area contributed by atoms with Crippen LogP contribution < -0.4 is 9.47 Å². The van der Waals surface area contributed by atoms with Crippen LogP contribution in [-0.4, -0.2) is 46.1 Å². The quantitative estimate of drug-likeness (QED) is 0.104. The zero-order valence-electron chi connectivity index (χ0n) is 30.6. The molecule has 1 N–H and O–H groups in total. The van der Waals surface area contributed by atoms with Crippen LogP contribution >= 0.6 is 23.5 Å². The first-order chi connectivity index (χ1) is 24.2. The molecule has 2 heterocycles. The number of unbranched alkanes of at least 4 members (excludes halogenated alkanes) is 1. The summed E-state index contributed by atoms with van der Waals surface area (Å²) in [5.41, 5.74) is 3.52. The zero-order valence-corrected chi connectivity index (χ0v) is 32.2. The van der Waals surface area contributed by atoms with Crippen LogP contribution in [0.4, 0.5) is 0 Å². The summed E-state index contributed by atoms with van der Waals surface area (Å²) in [4.78, 5) is 0. The number of aliphatic hydroxyl groups is 1. The third-order valence-electron chi connectivity index (χ3n) is 10.5. The molecule has 0 radical (unpaired) electrons. The van der Waals surface area contributed by atoms with E-state index < -0.39 is 6.29 Å². The van der Waals surface area contributed by atoms with Crippen LogP contribution in [0.1, 0.15) is 95.1 Å². The lowest BCUT2D eigenvalue weighted by molar-refractivity contribution is -0.274. The van der Waals surface area contributed by atoms with E-state index in [0.717, 1.165) is 73.5 Å². The first kappa shape index (κ1) is 38.8. The fourth-order valence-electron chi connectivity index (χ4n) is 7.18.